The monoisotopic (exact) mass is 148 g/mol. The van der Waals surface area contributed by atoms with Gasteiger partial charge in [-0.1, -0.05) is 19.2 Å². The Morgan fingerprint density at radius 3 is 2.45 bits per heavy atom. The Morgan fingerprint density at radius 2 is 2.09 bits per heavy atom. The number of hydrogen-bond acceptors (Lipinski definition) is 2. The van der Waals surface area contributed by atoms with Crippen LogP contribution in [-0.4, -0.2) is 6.29 Å². The van der Waals surface area contributed by atoms with Gasteiger partial charge in [0.2, 0.25) is 0 Å². The molecular weight excluding hydrogens is 140 g/mol. The maximum Gasteiger partial charge on any atom is 0.185 e. The average molecular weight is 148 g/mol. The molecule has 0 fully saturated rings. The molecule has 0 aliphatic heterocycles. The van der Waals surface area contributed by atoms with E-state index in [0.29, 0.717) is 17.8 Å². The maximum atomic E-state index is 10.2. The molecule has 11 heavy (non-hydrogen) atoms. The summed E-state index contributed by atoms with van der Waals surface area (Å²) < 4.78 is 5.05. The molecule has 0 amide bonds. The standard InChI is InChI=1S/C9H8O2/c1-3-7-5-8(6-10)11-9(7)4-2/h3-6H,1-2H2. The third-order valence-electron chi connectivity index (χ3n) is 1.33. The molecule has 1 aromatic rings. The Hall–Kier alpha value is -1.57. The molecule has 0 unspecified atom stereocenters. The molecule has 1 heterocycles. The fourth-order valence-electron chi connectivity index (χ4n) is 0.817. The van der Waals surface area contributed by atoms with Crippen molar-refractivity contribution in [2.75, 3.05) is 0 Å². The first kappa shape index (κ1) is 7.54. The molecule has 0 spiro atoms. The van der Waals surface area contributed by atoms with Gasteiger partial charge in [0.05, 0.1) is 0 Å². The summed E-state index contributed by atoms with van der Waals surface area (Å²) in [7, 11) is 0. The highest BCUT2D eigenvalue weighted by molar-refractivity contribution is 5.74. The molecule has 0 saturated carbocycles. The average Bonchev–Trinajstić information content (AvgIpc) is 2.46. The second kappa shape index (κ2) is 3.01. The molecular formula is C9H8O2. The first-order chi connectivity index (χ1) is 5.31. The second-order valence-corrected chi connectivity index (χ2v) is 1.99. The van der Waals surface area contributed by atoms with Crippen molar-refractivity contribution in [1.82, 2.24) is 0 Å². The molecule has 1 rings (SSSR count). The van der Waals surface area contributed by atoms with Gasteiger partial charge < -0.3 is 4.42 Å². The zero-order chi connectivity index (χ0) is 8.27. The lowest BCUT2D eigenvalue weighted by Crippen LogP contribution is -1.66. The highest BCUT2D eigenvalue weighted by atomic mass is 16.3. The number of aldehydes is 1. The van der Waals surface area contributed by atoms with Crippen LogP contribution in [0.15, 0.2) is 23.6 Å². The number of rotatable bonds is 3. The molecule has 0 aliphatic rings. The third kappa shape index (κ3) is 1.29. The van der Waals surface area contributed by atoms with E-state index in [9.17, 15) is 4.79 Å². The van der Waals surface area contributed by atoms with E-state index in [1.54, 1.807) is 18.2 Å². The quantitative estimate of drug-likeness (QED) is 0.616. The molecule has 2 nitrogen and oxygen atoms in total. The largest absolute Gasteiger partial charge is 0.453 e. The Labute approximate surface area is 64.8 Å². The van der Waals surface area contributed by atoms with Gasteiger partial charge in [0.15, 0.2) is 12.0 Å². The van der Waals surface area contributed by atoms with E-state index in [4.69, 9.17) is 4.42 Å². The topological polar surface area (TPSA) is 30.2 Å². The van der Waals surface area contributed by atoms with Gasteiger partial charge in [0.1, 0.15) is 5.76 Å². The molecule has 0 aromatic carbocycles. The fraction of sp³-hybridized carbons (Fsp3) is 0. The first-order valence-electron chi connectivity index (χ1n) is 3.15. The van der Waals surface area contributed by atoms with Gasteiger partial charge in [-0.2, -0.15) is 0 Å². The summed E-state index contributed by atoms with van der Waals surface area (Å²) in [6.45, 7) is 7.09. The zero-order valence-corrected chi connectivity index (χ0v) is 6.04. The normalized spacial score (nSPS) is 9.09. The van der Waals surface area contributed by atoms with Crippen LogP contribution in [0.5, 0.6) is 0 Å². The van der Waals surface area contributed by atoms with Crippen LogP contribution in [0.4, 0.5) is 0 Å². The van der Waals surface area contributed by atoms with Gasteiger partial charge in [0, 0.05) is 5.56 Å². The minimum Gasteiger partial charge on any atom is -0.453 e. The Kier molecular flexibility index (Phi) is 2.06. The van der Waals surface area contributed by atoms with Crippen molar-refractivity contribution in [3.8, 4) is 0 Å². The Bertz CT molecular complexity index is 269. The molecule has 1 aromatic heterocycles. The summed E-state index contributed by atoms with van der Waals surface area (Å²) in [5.41, 5.74) is 0.794. The van der Waals surface area contributed by atoms with Gasteiger partial charge in [-0.15, -0.1) is 0 Å². The molecule has 2 heteroatoms. The Balaban J connectivity index is 3.21. The third-order valence-corrected chi connectivity index (χ3v) is 1.33. The van der Waals surface area contributed by atoms with Crippen molar-refractivity contribution in [3.63, 3.8) is 0 Å². The van der Waals surface area contributed by atoms with Crippen molar-refractivity contribution >= 4 is 18.4 Å². The van der Waals surface area contributed by atoms with Gasteiger partial charge in [-0.3, -0.25) is 4.79 Å². The fourth-order valence-corrected chi connectivity index (χ4v) is 0.817. The van der Waals surface area contributed by atoms with Crippen molar-refractivity contribution in [2.45, 2.75) is 0 Å². The number of hydrogen-bond donors (Lipinski definition) is 0. The summed E-state index contributed by atoms with van der Waals surface area (Å²) >= 11 is 0. The number of carbonyl (C=O) groups excluding carboxylic acids is 1. The molecule has 56 valence electrons. The number of furan rings is 1. The SMILES string of the molecule is C=Cc1cc(C=O)oc1C=C. The highest BCUT2D eigenvalue weighted by Crippen LogP contribution is 2.16. The van der Waals surface area contributed by atoms with E-state index in [0.717, 1.165) is 5.56 Å². The van der Waals surface area contributed by atoms with Crippen LogP contribution in [0, 0.1) is 0 Å². The van der Waals surface area contributed by atoms with Crippen LogP contribution >= 0.6 is 0 Å². The van der Waals surface area contributed by atoms with Crippen LogP contribution in [0.25, 0.3) is 12.2 Å². The van der Waals surface area contributed by atoms with E-state index < -0.39 is 0 Å². The summed E-state index contributed by atoms with van der Waals surface area (Å²) in [6.07, 6.45) is 3.82. The van der Waals surface area contributed by atoms with Crippen LogP contribution in [-0.2, 0) is 0 Å². The number of carbonyl (C=O) groups is 1. The summed E-state index contributed by atoms with van der Waals surface area (Å²) in [6, 6.07) is 1.62. The van der Waals surface area contributed by atoms with Gasteiger partial charge in [-0.05, 0) is 12.1 Å². The second-order valence-electron chi connectivity index (χ2n) is 1.99. The van der Waals surface area contributed by atoms with Crippen molar-refractivity contribution < 1.29 is 9.21 Å². The van der Waals surface area contributed by atoms with Crippen molar-refractivity contribution in [2.24, 2.45) is 0 Å². The lowest BCUT2D eigenvalue weighted by molar-refractivity contribution is 0.110. The predicted molar refractivity (Wildman–Crippen MR) is 44.3 cm³/mol. The van der Waals surface area contributed by atoms with E-state index >= 15 is 0 Å². The molecule has 0 saturated heterocycles. The van der Waals surface area contributed by atoms with Crippen LogP contribution < -0.4 is 0 Å². The van der Waals surface area contributed by atoms with E-state index in [1.165, 1.54) is 0 Å². The Morgan fingerprint density at radius 1 is 1.36 bits per heavy atom. The summed E-state index contributed by atoms with van der Waals surface area (Å²) in [4.78, 5) is 10.2. The lowest BCUT2D eigenvalue weighted by Gasteiger charge is -1.84. The van der Waals surface area contributed by atoms with E-state index in [1.807, 2.05) is 0 Å². The van der Waals surface area contributed by atoms with Crippen molar-refractivity contribution in [3.05, 3.63) is 36.3 Å². The minimum absolute atomic E-state index is 0.301. The zero-order valence-electron chi connectivity index (χ0n) is 6.04. The minimum atomic E-state index is 0.301. The summed E-state index contributed by atoms with van der Waals surface area (Å²) in [5.74, 6) is 0.886. The van der Waals surface area contributed by atoms with Crippen LogP contribution in [0.2, 0.25) is 0 Å². The molecule has 0 aliphatic carbocycles. The van der Waals surface area contributed by atoms with Gasteiger partial charge >= 0.3 is 0 Å². The molecule has 0 bridgehead atoms. The predicted octanol–water partition coefficient (Wildman–Crippen LogP) is 2.38. The van der Waals surface area contributed by atoms with Crippen LogP contribution in [0.1, 0.15) is 21.9 Å². The van der Waals surface area contributed by atoms with E-state index in [-0.39, 0.29) is 0 Å². The lowest BCUT2D eigenvalue weighted by atomic mass is 10.2. The first-order valence-corrected chi connectivity index (χ1v) is 3.15. The smallest absolute Gasteiger partial charge is 0.185 e. The molecule has 0 atom stereocenters. The molecule has 0 N–H and O–H groups in total. The summed E-state index contributed by atoms with van der Waals surface area (Å²) in [5, 5.41) is 0. The van der Waals surface area contributed by atoms with Gasteiger partial charge in [-0.25, -0.2) is 0 Å². The highest BCUT2D eigenvalue weighted by Gasteiger charge is 2.03. The molecule has 0 radical (unpaired) electrons. The van der Waals surface area contributed by atoms with Crippen molar-refractivity contribution in [1.29, 1.82) is 0 Å². The maximum absolute atomic E-state index is 10.2. The van der Waals surface area contributed by atoms with E-state index in [2.05, 4.69) is 13.2 Å². The van der Waals surface area contributed by atoms with Gasteiger partial charge in [0.25, 0.3) is 0 Å². The van der Waals surface area contributed by atoms with Crippen LogP contribution in [0.3, 0.4) is 0 Å².